The third-order valence-electron chi connectivity index (χ3n) is 2.32. The molecule has 0 saturated heterocycles. The van der Waals surface area contributed by atoms with Crippen molar-refractivity contribution in [1.82, 2.24) is 4.98 Å². The Balaban J connectivity index is 2.75. The number of rotatable bonds is 1. The maximum absolute atomic E-state index is 12.9. The van der Waals surface area contributed by atoms with Crippen molar-refractivity contribution >= 4 is 11.6 Å². The van der Waals surface area contributed by atoms with Crippen molar-refractivity contribution in [3.05, 3.63) is 40.7 Å². The number of benzene rings is 1. The summed E-state index contributed by atoms with van der Waals surface area (Å²) in [5, 5.41) is 27.8. The SMILES string of the molecule is N#Cc1c(-c2ccc(F)cc2Cl)cc(O)nc1O. The molecule has 0 unspecified atom stereocenters. The van der Waals surface area contributed by atoms with Gasteiger partial charge in [0.05, 0.1) is 5.02 Å². The molecule has 0 aliphatic heterocycles. The van der Waals surface area contributed by atoms with E-state index in [-0.39, 0.29) is 16.1 Å². The highest BCUT2D eigenvalue weighted by molar-refractivity contribution is 6.33. The zero-order valence-corrected chi connectivity index (χ0v) is 9.61. The number of nitriles is 1. The minimum atomic E-state index is -0.604. The third kappa shape index (κ3) is 2.06. The molecule has 0 bridgehead atoms. The van der Waals surface area contributed by atoms with Crippen LogP contribution in [0.1, 0.15) is 5.56 Å². The molecular formula is C12H6ClFN2O2. The third-order valence-corrected chi connectivity index (χ3v) is 2.63. The highest BCUT2D eigenvalue weighted by Crippen LogP contribution is 2.35. The van der Waals surface area contributed by atoms with Crippen LogP contribution in [-0.2, 0) is 0 Å². The summed E-state index contributed by atoms with van der Waals surface area (Å²) in [5.74, 6) is -1.58. The van der Waals surface area contributed by atoms with Crippen molar-refractivity contribution in [2.24, 2.45) is 0 Å². The molecule has 1 aromatic heterocycles. The summed E-state index contributed by atoms with van der Waals surface area (Å²) in [4.78, 5) is 3.35. The zero-order chi connectivity index (χ0) is 13.3. The second-order valence-corrected chi connectivity index (χ2v) is 3.87. The van der Waals surface area contributed by atoms with E-state index < -0.39 is 17.6 Å². The molecule has 2 rings (SSSR count). The molecular weight excluding hydrogens is 259 g/mol. The van der Waals surface area contributed by atoms with Gasteiger partial charge in [0.2, 0.25) is 11.8 Å². The standard InChI is InChI=1S/C12H6ClFN2O2/c13-10-3-6(14)1-2-7(10)8-4-11(17)16-12(18)9(8)5-15/h1-4H,(H2,16,17,18). The van der Waals surface area contributed by atoms with Crippen LogP contribution in [0.2, 0.25) is 5.02 Å². The van der Waals surface area contributed by atoms with Gasteiger partial charge in [-0.3, -0.25) is 0 Å². The largest absolute Gasteiger partial charge is 0.493 e. The van der Waals surface area contributed by atoms with E-state index in [9.17, 15) is 14.6 Å². The molecule has 0 amide bonds. The molecule has 6 heteroatoms. The Bertz CT molecular complexity index is 668. The molecule has 0 spiro atoms. The number of aromatic nitrogens is 1. The van der Waals surface area contributed by atoms with Gasteiger partial charge in [0.1, 0.15) is 17.4 Å². The van der Waals surface area contributed by atoms with Gasteiger partial charge in [-0.2, -0.15) is 10.2 Å². The number of aromatic hydroxyl groups is 2. The molecule has 2 N–H and O–H groups in total. The topological polar surface area (TPSA) is 77.1 Å². The van der Waals surface area contributed by atoms with Crippen molar-refractivity contribution in [2.45, 2.75) is 0 Å². The molecule has 18 heavy (non-hydrogen) atoms. The number of hydrogen-bond acceptors (Lipinski definition) is 4. The lowest BCUT2D eigenvalue weighted by atomic mass is 10.0. The van der Waals surface area contributed by atoms with Crippen LogP contribution in [0, 0.1) is 17.1 Å². The molecule has 0 aliphatic rings. The first-order valence-corrected chi connectivity index (χ1v) is 5.19. The Kier molecular flexibility index (Phi) is 3.04. The number of hydrogen-bond donors (Lipinski definition) is 2. The van der Waals surface area contributed by atoms with Crippen molar-refractivity contribution in [3.63, 3.8) is 0 Å². The van der Waals surface area contributed by atoms with E-state index in [0.717, 1.165) is 12.1 Å². The maximum Gasteiger partial charge on any atom is 0.233 e. The molecule has 0 atom stereocenters. The van der Waals surface area contributed by atoms with Crippen LogP contribution in [0.5, 0.6) is 11.8 Å². The summed E-state index contributed by atoms with van der Waals surface area (Å²) in [7, 11) is 0. The highest BCUT2D eigenvalue weighted by atomic mass is 35.5. The van der Waals surface area contributed by atoms with Gasteiger partial charge in [0.15, 0.2) is 0 Å². The van der Waals surface area contributed by atoms with Crippen LogP contribution in [0.25, 0.3) is 11.1 Å². The first-order chi connectivity index (χ1) is 8.52. The lowest BCUT2D eigenvalue weighted by Gasteiger charge is -2.08. The van der Waals surface area contributed by atoms with Crippen molar-refractivity contribution in [1.29, 1.82) is 5.26 Å². The van der Waals surface area contributed by atoms with Crippen LogP contribution in [0.3, 0.4) is 0 Å². The van der Waals surface area contributed by atoms with Crippen LogP contribution < -0.4 is 0 Å². The van der Waals surface area contributed by atoms with Crippen LogP contribution in [0.4, 0.5) is 4.39 Å². The summed E-state index contributed by atoms with van der Waals surface area (Å²) >= 11 is 5.86. The predicted molar refractivity (Wildman–Crippen MR) is 62.7 cm³/mol. The average molecular weight is 265 g/mol. The van der Waals surface area contributed by atoms with E-state index in [2.05, 4.69) is 4.98 Å². The van der Waals surface area contributed by atoms with Crippen molar-refractivity contribution in [2.75, 3.05) is 0 Å². The molecule has 1 heterocycles. The lowest BCUT2D eigenvalue weighted by molar-refractivity contribution is 0.412. The highest BCUT2D eigenvalue weighted by Gasteiger charge is 2.15. The molecule has 1 aromatic carbocycles. The van der Waals surface area contributed by atoms with Crippen LogP contribution in [0.15, 0.2) is 24.3 Å². The lowest BCUT2D eigenvalue weighted by Crippen LogP contribution is -1.90. The maximum atomic E-state index is 12.9. The first kappa shape index (κ1) is 12.1. The van der Waals surface area contributed by atoms with Crippen molar-refractivity contribution < 1.29 is 14.6 Å². The van der Waals surface area contributed by atoms with E-state index in [0.29, 0.717) is 5.56 Å². The molecule has 90 valence electrons. The second kappa shape index (κ2) is 4.51. The number of nitrogens with zero attached hydrogens (tertiary/aromatic N) is 2. The minimum Gasteiger partial charge on any atom is -0.493 e. The van der Waals surface area contributed by atoms with E-state index >= 15 is 0 Å². The smallest absolute Gasteiger partial charge is 0.233 e. The fourth-order valence-electron chi connectivity index (χ4n) is 1.55. The number of pyridine rings is 1. The Morgan fingerprint density at radius 3 is 2.56 bits per heavy atom. The van der Waals surface area contributed by atoms with Gasteiger partial charge < -0.3 is 10.2 Å². The second-order valence-electron chi connectivity index (χ2n) is 3.46. The zero-order valence-electron chi connectivity index (χ0n) is 8.85. The Hall–Kier alpha value is -2.32. The first-order valence-electron chi connectivity index (χ1n) is 4.81. The van der Waals surface area contributed by atoms with E-state index in [1.165, 1.54) is 12.1 Å². The van der Waals surface area contributed by atoms with Crippen LogP contribution in [-0.4, -0.2) is 15.2 Å². The Morgan fingerprint density at radius 2 is 1.94 bits per heavy atom. The van der Waals surface area contributed by atoms with Gasteiger partial charge in [0, 0.05) is 17.2 Å². The molecule has 2 aromatic rings. The normalized spacial score (nSPS) is 10.1. The van der Waals surface area contributed by atoms with E-state index in [1.54, 1.807) is 6.07 Å². The summed E-state index contributed by atoms with van der Waals surface area (Å²) in [6, 6.07) is 6.53. The predicted octanol–water partition coefficient (Wildman–Crippen LogP) is 2.82. The van der Waals surface area contributed by atoms with Crippen molar-refractivity contribution in [3.8, 4) is 29.0 Å². The van der Waals surface area contributed by atoms with Gasteiger partial charge in [-0.25, -0.2) is 4.39 Å². The fraction of sp³-hybridized carbons (Fsp3) is 0. The monoisotopic (exact) mass is 264 g/mol. The van der Waals surface area contributed by atoms with Gasteiger partial charge in [0.25, 0.3) is 0 Å². The van der Waals surface area contributed by atoms with Gasteiger partial charge in [-0.1, -0.05) is 11.6 Å². The minimum absolute atomic E-state index is 0.0662. The Labute approximate surface area is 107 Å². The van der Waals surface area contributed by atoms with Gasteiger partial charge in [-0.15, -0.1) is 0 Å². The fourth-order valence-corrected chi connectivity index (χ4v) is 1.82. The summed E-state index contributed by atoms with van der Waals surface area (Å²) < 4.78 is 12.9. The molecule has 0 aliphatic carbocycles. The molecule has 0 radical (unpaired) electrons. The van der Waals surface area contributed by atoms with E-state index in [4.69, 9.17) is 16.9 Å². The molecule has 0 saturated carbocycles. The summed E-state index contributed by atoms with van der Waals surface area (Å²) in [6.45, 7) is 0. The van der Waals surface area contributed by atoms with Gasteiger partial charge >= 0.3 is 0 Å². The number of halogens is 2. The quantitative estimate of drug-likeness (QED) is 0.830. The van der Waals surface area contributed by atoms with Crippen LogP contribution >= 0.6 is 11.6 Å². The Morgan fingerprint density at radius 1 is 1.22 bits per heavy atom. The van der Waals surface area contributed by atoms with Gasteiger partial charge in [-0.05, 0) is 18.2 Å². The van der Waals surface area contributed by atoms with E-state index in [1.807, 2.05) is 0 Å². The summed E-state index contributed by atoms with van der Waals surface area (Å²) in [6.07, 6.45) is 0. The molecule has 4 nitrogen and oxygen atoms in total. The average Bonchev–Trinajstić information content (AvgIpc) is 2.28. The summed E-state index contributed by atoms with van der Waals surface area (Å²) in [5.41, 5.74) is 0.372. The molecule has 0 fully saturated rings.